The highest BCUT2D eigenvalue weighted by Gasteiger charge is 2.39. The normalized spacial score (nSPS) is 12.3. The maximum absolute atomic E-state index is 6.15. The Morgan fingerprint density at radius 3 is 2.18 bits per heavy atom. The lowest BCUT2D eigenvalue weighted by Gasteiger charge is -2.37. The molecule has 0 saturated heterocycles. The van der Waals surface area contributed by atoms with E-state index in [1.54, 1.807) is 0 Å². The van der Waals surface area contributed by atoms with Crippen LogP contribution in [0.5, 0.6) is 0 Å². The predicted molar refractivity (Wildman–Crippen MR) is 77.6 cm³/mol. The van der Waals surface area contributed by atoms with Crippen LogP contribution in [-0.2, 0) is 10.8 Å². The number of rotatable bonds is 4. The molecular formula is C15H24OSi. The molecule has 0 aliphatic heterocycles. The second kappa shape index (κ2) is 5.09. The van der Waals surface area contributed by atoms with Gasteiger partial charge in [0.05, 0.1) is 5.76 Å². The first-order chi connectivity index (χ1) is 7.72. The summed E-state index contributed by atoms with van der Waals surface area (Å²) in [6, 6.07) is 10.4. The highest BCUT2D eigenvalue weighted by Crippen LogP contribution is 2.37. The van der Waals surface area contributed by atoms with E-state index in [0.29, 0.717) is 0 Å². The van der Waals surface area contributed by atoms with Crippen LogP contribution in [-0.4, -0.2) is 8.32 Å². The fraction of sp³-hybridized carbons (Fsp3) is 0.467. The minimum absolute atomic E-state index is 0.229. The lowest BCUT2D eigenvalue weighted by Crippen LogP contribution is -2.40. The zero-order valence-corrected chi connectivity index (χ0v) is 12.7. The molecule has 1 nitrogen and oxygen atoms in total. The maximum Gasteiger partial charge on any atom is 0.250 e. The van der Waals surface area contributed by atoms with Gasteiger partial charge in [-0.1, -0.05) is 57.7 Å². The lowest BCUT2D eigenvalue weighted by atomic mass is 10.1. The molecule has 0 aromatic heterocycles. The molecule has 1 rings (SSSR count). The summed E-state index contributed by atoms with van der Waals surface area (Å²) in [7, 11) is -1.72. The highest BCUT2D eigenvalue weighted by atomic mass is 28.4. The van der Waals surface area contributed by atoms with Gasteiger partial charge in [0.25, 0.3) is 0 Å². The van der Waals surface area contributed by atoms with Gasteiger partial charge in [-0.2, -0.15) is 0 Å². The number of hydrogen-bond acceptors (Lipinski definition) is 1. The van der Waals surface area contributed by atoms with Crippen molar-refractivity contribution in [2.24, 2.45) is 0 Å². The molecule has 0 unspecified atom stereocenters. The average molecular weight is 248 g/mol. The van der Waals surface area contributed by atoms with Crippen LogP contribution >= 0.6 is 0 Å². The Morgan fingerprint density at radius 1 is 1.18 bits per heavy atom. The van der Waals surface area contributed by atoms with E-state index in [1.165, 1.54) is 5.56 Å². The first-order valence-corrected chi connectivity index (χ1v) is 9.04. The Labute approximate surface area is 107 Å². The van der Waals surface area contributed by atoms with Crippen LogP contribution in [0.15, 0.2) is 42.7 Å². The number of benzene rings is 1. The second-order valence-corrected chi connectivity index (χ2v) is 10.8. The van der Waals surface area contributed by atoms with Crippen molar-refractivity contribution in [2.45, 2.75) is 45.3 Å². The molecule has 0 N–H and O–H groups in total. The molecule has 0 aliphatic rings. The minimum atomic E-state index is -1.72. The molecule has 1 aromatic carbocycles. The quantitative estimate of drug-likeness (QED) is 0.551. The van der Waals surface area contributed by atoms with Gasteiger partial charge in [0.1, 0.15) is 0 Å². The SMILES string of the molecule is C=C(Cc1ccccc1)O[Si](C)(C)C(C)(C)C. The molecule has 0 radical (unpaired) electrons. The topological polar surface area (TPSA) is 9.23 Å². The van der Waals surface area contributed by atoms with Crippen LogP contribution in [0.1, 0.15) is 26.3 Å². The van der Waals surface area contributed by atoms with Gasteiger partial charge in [-0.25, -0.2) is 0 Å². The summed E-state index contributed by atoms with van der Waals surface area (Å²) < 4.78 is 6.15. The predicted octanol–water partition coefficient (Wildman–Crippen LogP) is 4.76. The molecule has 0 atom stereocenters. The van der Waals surface area contributed by atoms with E-state index in [0.717, 1.165) is 12.2 Å². The van der Waals surface area contributed by atoms with E-state index >= 15 is 0 Å². The summed E-state index contributed by atoms with van der Waals surface area (Å²) >= 11 is 0. The van der Waals surface area contributed by atoms with Crippen molar-refractivity contribution in [3.05, 3.63) is 48.2 Å². The Bertz CT molecular complexity index is 374. The molecule has 0 aliphatic carbocycles. The third-order valence-electron chi connectivity index (χ3n) is 3.45. The molecule has 17 heavy (non-hydrogen) atoms. The van der Waals surface area contributed by atoms with Crippen molar-refractivity contribution in [2.75, 3.05) is 0 Å². The van der Waals surface area contributed by atoms with Crippen molar-refractivity contribution in [3.63, 3.8) is 0 Å². The smallest absolute Gasteiger partial charge is 0.250 e. The number of hydrogen-bond donors (Lipinski definition) is 0. The molecule has 0 fully saturated rings. The fourth-order valence-corrected chi connectivity index (χ4v) is 2.47. The van der Waals surface area contributed by atoms with Crippen LogP contribution in [0.3, 0.4) is 0 Å². The van der Waals surface area contributed by atoms with Gasteiger partial charge in [0.2, 0.25) is 8.32 Å². The summed E-state index contributed by atoms with van der Waals surface area (Å²) in [6.45, 7) is 15.3. The zero-order chi connectivity index (χ0) is 13.1. The molecular weight excluding hydrogens is 224 g/mol. The third kappa shape index (κ3) is 4.04. The van der Waals surface area contributed by atoms with Crippen molar-refractivity contribution in [1.82, 2.24) is 0 Å². The van der Waals surface area contributed by atoms with Crippen molar-refractivity contribution in [3.8, 4) is 0 Å². The summed E-state index contributed by atoms with van der Waals surface area (Å²) in [6.07, 6.45) is 0.813. The van der Waals surface area contributed by atoms with Crippen LogP contribution in [0.2, 0.25) is 18.1 Å². The van der Waals surface area contributed by atoms with Crippen LogP contribution in [0.25, 0.3) is 0 Å². The van der Waals surface area contributed by atoms with Gasteiger partial charge < -0.3 is 4.43 Å². The molecule has 0 amide bonds. The van der Waals surface area contributed by atoms with E-state index in [-0.39, 0.29) is 5.04 Å². The molecule has 0 bridgehead atoms. The molecule has 0 spiro atoms. The lowest BCUT2D eigenvalue weighted by molar-refractivity contribution is 0.376. The molecule has 1 aromatic rings. The van der Waals surface area contributed by atoms with Gasteiger partial charge in [0, 0.05) is 6.42 Å². The molecule has 0 saturated carbocycles. The Hall–Kier alpha value is -1.02. The molecule has 2 heteroatoms. The van der Waals surface area contributed by atoms with E-state index in [1.807, 2.05) is 6.07 Å². The molecule has 0 heterocycles. The first-order valence-electron chi connectivity index (χ1n) is 6.13. The van der Waals surface area contributed by atoms with Crippen LogP contribution in [0, 0.1) is 0 Å². The highest BCUT2D eigenvalue weighted by molar-refractivity contribution is 6.74. The van der Waals surface area contributed by atoms with Gasteiger partial charge in [-0.15, -0.1) is 0 Å². The van der Waals surface area contributed by atoms with Crippen molar-refractivity contribution < 1.29 is 4.43 Å². The summed E-state index contributed by atoms with van der Waals surface area (Å²) in [4.78, 5) is 0. The minimum Gasteiger partial charge on any atom is -0.547 e. The Kier molecular flexibility index (Phi) is 4.20. The summed E-state index contributed by atoms with van der Waals surface area (Å²) in [5.74, 6) is 0.891. The Balaban J connectivity index is 2.62. The van der Waals surface area contributed by atoms with Crippen LogP contribution in [0.4, 0.5) is 0 Å². The van der Waals surface area contributed by atoms with Crippen molar-refractivity contribution >= 4 is 8.32 Å². The van der Waals surface area contributed by atoms with Gasteiger partial charge in [0.15, 0.2) is 0 Å². The first kappa shape index (κ1) is 14.0. The largest absolute Gasteiger partial charge is 0.547 e. The fourth-order valence-electron chi connectivity index (χ4n) is 1.37. The zero-order valence-electron chi connectivity index (χ0n) is 11.7. The summed E-state index contributed by atoms with van der Waals surface area (Å²) in [5.41, 5.74) is 1.26. The maximum atomic E-state index is 6.15. The Morgan fingerprint density at radius 2 is 1.71 bits per heavy atom. The van der Waals surface area contributed by atoms with Gasteiger partial charge >= 0.3 is 0 Å². The van der Waals surface area contributed by atoms with Crippen molar-refractivity contribution in [1.29, 1.82) is 0 Å². The molecule has 94 valence electrons. The monoisotopic (exact) mass is 248 g/mol. The number of allylic oxidation sites excluding steroid dienone is 1. The van der Waals surface area contributed by atoms with E-state index in [4.69, 9.17) is 4.43 Å². The second-order valence-electron chi connectivity index (χ2n) is 6.06. The van der Waals surface area contributed by atoms with E-state index in [2.05, 4.69) is 64.7 Å². The van der Waals surface area contributed by atoms with E-state index in [9.17, 15) is 0 Å². The van der Waals surface area contributed by atoms with E-state index < -0.39 is 8.32 Å². The summed E-state index contributed by atoms with van der Waals surface area (Å²) in [5, 5.41) is 0.229. The average Bonchev–Trinajstić information content (AvgIpc) is 2.16. The van der Waals surface area contributed by atoms with Crippen LogP contribution < -0.4 is 0 Å². The van der Waals surface area contributed by atoms with Gasteiger partial charge in [-0.3, -0.25) is 0 Å². The van der Waals surface area contributed by atoms with Gasteiger partial charge in [-0.05, 0) is 23.7 Å². The third-order valence-corrected chi connectivity index (χ3v) is 7.86. The standard InChI is InChI=1S/C15H24OSi/c1-13(12-14-10-8-7-9-11-14)16-17(5,6)15(2,3)4/h7-11H,1,12H2,2-6H3.